The van der Waals surface area contributed by atoms with E-state index in [0.29, 0.717) is 11.1 Å². The van der Waals surface area contributed by atoms with Gasteiger partial charge in [-0.3, -0.25) is 9.59 Å². The highest BCUT2D eigenvalue weighted by atomic mass is 35.5. The van der Waals surface area contributed by atoms with Crippen LogP contribution in [0, 0.1) is 23.0 Å². The highest BCUT2D eigenvalue weighted by Crippen LogP contribution is 2.32. The van der Waals surface area contributed by atoms with E-state index >= 15 is 8.78 Å². The lowest BCUT2D eigenvalue weighted by molar-refractivity contribution is 0.0822. The zero-order chi connectivity index (χ0) is 23.9. The molecule has 0 aliphatic carbocycles. The minimum absolute atomic E-state index is 0.00710. The van der Waals surface area contributed by atoms with E-state index in [9.17, 15) is 9.59 Å². The maximum atomic E-state index is 15.4. The molecule has 0 fully saturated rings. The van der Waals surface area contributed by atoms with Crippen molar-refractivity contribution < 1.29 is 13.6 Å². The monoisotopic (exact) mass is 464 g/mol. The zero-order valence-electron chi connectivity index (χ0n) is 17.4. The first-order valence-electron chi connectivity index (χ1n) is 9.65. The molecule has 0 unspecified atom stereocenters. The molecule has 6 nitrogen and oxygen atoms in total. The maximum absolute atomic E-state index is 15.4. The van der Waals surface area contributed by atoms with Crippen molar-refractivity contribution in [2.24, 2.45) is 0 Å². The third-order valence-electron chi connectivity index (χ3n) is 5.03. The largest absolute Gasteiger partial charge is 0.354 e. The van der Waals surface area contributed by atoms with Gasteiger partial charge in [0.1, 0.15) is 17.3 Å². The lowest BCUT2D eigenvalue weighted by Gasteiger charge is -2.13. The van der Waals surface area contributed by atoms with Gasteiger partial charge in [0.15, 0.2) is 5.43 Å². The minimum Gasteiger partial charge on any atom is -0.354 e. The second-order valence-electron chi connectivity index (χ2n) is 7.43. The number of benzene rings is 2. The van der Waals surface area contributed by atoms with E-state index in [1.54, 1.807) is 0 Å². The number of H-pyrrole nitrogens is 1. The molecule has 33 heavy (non-hydrogen) atoms. The smallest absolute Gasteiger partial charge is 0.271 e. The van der Waals surface area contributed by atoms with Gasteiger partial charge in [-0.05, 0) is 36.4 Å². The van der Waals surface area contributed by atoms with Crippen LogP contribution in [0.15, 0.2) is 53.3 Å². The van der Waals surface area contributed by atoms with Gasteiger partial charge in [0.05, 0.1) is 39.5 Å². The average Bonchev–Trinajstić information content (AvgIpc) is 2.78. The molecule has 0 spiro atoms. The van der Waals surface area contributed by atoms with E-state index < -0.39 is 28.5 Å². The molecule has 1 amide bonds. The number of carbonyl (C=O) groups is 1. The van der Waals surface area contributed by atoms with Gasteiger partial charge in [0, 0.05) is 30.7 Å². The van der Waals surface area contributed by atoms with E-state index in [2.05, 4.69) is 9.97 Å². The molecule has 0 aliphatic rings. The standard InChI is InChI=1S/C24H15ClF2N4O2/c1-31(2)24(33)17-5-3-4-16(29-17)21-15(26)9-19-22(23(21)27)20(32)10-18(30-19)13-8-12(11-28)6-7-14(13)25/h3-10H,1-2H3,(H,30,32). The van der Waals surface area contributed by atoms with Crippen LogP contribution in [0.5, 0.6) is 0 Å². The summed E-state index contributed by atoms with van der Waals surface area (Å²) in [6.07, 6.45) is 0. The van der Waals surface area contributed by atoms with Gasteiger partial charge in [-0.15, -0.1) is 0 Å². The van der Waals surface area contributed by atoms with Crippen LogP contribution in [0.1, 0.15) is 16.1 Å². The summed E-state index contributed by atoms with van der Waals surface area (Å²) in [5.74, 6) is -2.50. The van der Waals surface area contributed by atoms with E-state index in [1.807, 2.05) is 6.07 Å². The summed E-state index contributed by atoms with van der Waals surface area (Å²) in [7, 11) is 3.06. The Morgan fingerprint density at radius 3 is 2.61 bits per heavy atom. The summed E-state index contributed by atoms with van der Waals surface area (Å²) in [4.78, 5) is 33.2. The van der Waals surface area contributed by atoms with Crippen molar-refractivity contribution in [2.75, 3.05) is 14.1 Å². The van der Waals surface area contributed by atoms with Crippen LogP contribution in [0.2, 0.25) is 5.02 Å². The lowest BCUT2D eigenvalue weighted by Crippen LogP contribution is -2.22. The first-order valence-corrected chi connectivity index (χ1v) is 10.0. The Balaban J connectivity index is 1.93. The molecule has 9 heteroatoms. The van der Waals surface area contributed by atoms with Crippen molar-refractivity contribution >= 4 is 28.4 Å². The van der Waals surface area contributed by atoms with Crippen LogP contribution < -0.4 is 5.43 Å². The molecule has 0 saturated carbocycles. The molecular weight excluding hydrogens is 450 g/mol. The van der Waals surface area contributed by atoms with Crippen LogP contribution in [-0.2, 0) is 0 Å². The second-order valence-corrected chi connectivity index (χ2v) is 7.84. The molecule has 164 valence electrons. The Hall–Kier alpha value is -4.09. The van der Waals surface area contributed by atoms with Crippen molar-refractivity contribution in [3.63, 3.8) is 0 Å². The lowest BCUT2D eigenvalue weighted by atomic mass is 10.0. The van der Waals surface area contributed by atoms with Gasteiger partial charge in [-0.1, -0.05) is 17.7 Å². The minimum atomic E-state index is -1.10. The molecule has 0 atom stereocenters. The van der Waals surface area contributed by atoms with Crippen molar-refractivity contribution in [1.82, 2.24) is 14.9 Å². The van der Waals surface area contributed by atoms with Crippen molar-refractivity contribution in [3.05, 3.63) is 86.7 Å². The Morgan fingerprint density at radius 2 is 1.91 bits per heavy atom. The Labute approximate surface area is 191 Å². The van der Waals surface area contributed by atoms with Crippen LogP contribution in [0.25, 0.3) is 33.4 Å². The molecule has 0 bridgehead atoms. The maximum Gasteiger partial charge on any atom is 0.271 e. The number of nitrogens with zero attached hydrogens (tertiary/aromatic N) is 3. The first kappa shape index (κ1) is 22.1. The van der Waals surface area contributed by atoms with Gasteiger partial charge in [-0.25, -0.2) is 13.8 Å². The fourth-order valence-electron chi connectivity index (χ4n) is 3.45. The van der Waals surface area contributed by atoms with Crippen LogP contribution in [0.4, 0.5) is 8.78 Å². The molecule has 2 aromatic heterocycles. The molecule has 0 saturated heterocycles. The van der Waals surface area contributed by atoms with Gasteiger partial charge in [0.2, 0.25) is 0 Å². The predicted octanol–water partition coefficient (Wildman–Crippen LogP) is 4.76. The van der Waals surface area contributed by atoms with E-state index in [0.717, 1.165) is 12.1 Å². The highest BCUT2D eigenvalue weighted by Gasteiger charge is 2.21. The van der Waals surface area contributed by atoms with Gasteiger partial charge in [0.25, 0.3) is 5.91 Å². The summed E-state index contributed by atoms with van der Waals surface area (Å²) in [6, 6.07) is 12.8. The predicted molar refractivity (Wildman–Crippen MR) is 121 cm³/mol. The quantitative estimate of drug-likeness (QED) is 0.473. The Morgan fingerprint density at radius 1 is 1.15 bits per heavy atom. The number of rotatable bonds is 3. The first-order chi connectivity index (χ1) is 15.7. The molecular formula is C24H15ClF2N4O2. The number of hydrogen-bond acceptors (Lipinski definition) is 4. The van der Waals surface area contributed by atoms with Crippen molar-refractivity contribution in [1.29, 1.82) is 5.26 Å². The Kier molecular flexibility index (Phi) is 5.66. The number of aromatic amines is 1. The number of nitriles is 1. The van der Waals surface area contributed by atoms with E-state index in [-0.39, 0.29) is 33.0 Å². The van der Waals surface area contributed by atoms with Crippen molar-refractivity contribution in [2.45, 2.75) is 0 Å². The number of aromatic nitrogens is 2. The molecule has 4 rings (SSSR count). The number of amides is 1. The fourth-order valence-corrected chi connectivity index (χ4v) is 3.67. The molecule has 1 N–H and O–H groups in total. The molecule has 0 aliphatic heterocycles. The highest BCUT2D eigenvalue weighted by molar-refractivity contribution is 6.33. The third kappa shape index (κ3) is 3.95. The van der Waals surface area contributed by atoms with Gasteiger partial charge in [-0.2, -0.15) is 5.26 Å². The third-order valence-corrected chi connectivity index (χ3v) is 5.36. The number of nitrogens with one attached hydrogen (secondary N) is 1. The molecule has 2 aromatic carbocycles. The molecule has 2 heterocycles. The van der Waals surface area contributed by atoms with Crippen LogP contribution in [0.3, 0.4) is 0 Å². The van der Waals surface area contributed by atoms with E-state index in [4.69, 9.17) is 16.9 Å². The second kappa shape index (κ2) is 8.45. The number of carbonyl (C=O) groups excluding carboxylic acids is 1. The van der Waals surface area contributed by atoms with E-state index in [1.165, 1.54) is 55.4 Å². The van der Waals surface area contributed by atoms with Crippen LogP contribution in [-0.4, -0.2) is 34.9 Å². The average molecular weight is 465 g/mol. The van der Waals surface area contributed by atoms with Gasteiger partial charge >= 0.3 is 0 Å². The Bertz CT molecular complexity index is 1540. The summed E-state index contributed by atoms with van der Waals surface area (Å²) in [5, 5.41) is 9.02. The SMILES string of the molecule is CN(C)C(=O)c1cccc(-c2c(F)cc3[nH]c(-c4cc(C#N)ccc4Cl)cc(=O)c3c2F)n1. The topological polar surface area (TPSA) is 89.9 Å². The molecule has 0 radical (unpaired) electrons. The number of fused-ring (bicyclic) bond motifs is 1. The van der Waals surface area contributed by atoms with Crippen LogP contribution >= 0.6 is 11.6 Å². The van der Waals surface area contributed by atoms with Gasteiger partial charge < -0.3 is 9.88 Å². The number of hydrogen-bond donors (Lipinski definition) is 1. The normalized spacial score (nSPS) is 10.8. The number of pyridine rings is 2. The van der Waals surface area contributed by atoms with Crippen molar-refractivity contribution in [3.8, 4) is 28.6 Å². The fraction of sp³-hybridized carbons (Fsp3) is 0.0833. The number of halogens is 3. The summed E-state index contributed by atoms with van der Waals surface area (Å²) < 4.78 is 30.5. The summed E-state index contributed by atoms with van der Waals surface area (Å²) in [6.45, 7) is 0. The zero-order valence-corrected chi connectivity index (χ0v) is 18.2. The summed E-state index contributed by atoms with van der Waals surface area (Å²) >= 11 is 6.20. The summed E-state index contributed by atoms with van der Waals surface area (Å²) in [5.41, 5.74) is -0.568. The molecule has 4 aromatic rings.